The highest BCUT2D eigenvalue weighted by atomic mass is 16.2. The fourth-order valence-electron chi connectivity index (χ4n) is 5.38. The molecule has 1 N–H and O–H groups in total. The van der Waals surface area contributed by atoms with Crippen molar-refractivity contribution in [2.45, 2.75) is 44.6 Å². The van der Waals surface area contributed by atoms with Crippen molar-refractivity contribution >= 4 is 28.9 Å². The van der Waals surface area contributed by atoms with E-state index in [0.29, 0.717) is 29.5 Å². The van der Waals surface area contributed by atoms with Gasteiger partial charge in [-0.2, -0.15) is 0 Å². The van der Waals surface area contributed by atoms with Gasteiger partial charge < -0.3 is 10.2 Å². The zero-order valence-corrected chi connectivity index (χ0v) is 18.6. The highest BCUT2D eigenvalue weighted by Gasteiger charge is 2.32. The van der Waals surface area contributed by atoms with Crippen LogP contribution >= 0.6 is 0 Å². The molecule has 2 saturated heterocycles. The maximum Gasteiger partial charge on any atom is 0.257 e. The number of carbonyl (C=O) groups excluding carboxylic acids is 2. The van der Waals surface area contributed by atoms with Gasteiger partial charge in [-0.05, 0) is 69.6 Å². The number of para-hydroxylation sites is 3. The van der Waals surface area contributed by atoms with E-state index in [9.17, 15) is 9.59 Å². The molecule has 6 heteroatoms. The monoisotopic (exact) mass is 432 g/mol. The predicted molar refractivity (Wildman–Crippen MR) is 127 cm³/mol. The molecular weight excluding hydrogens is 400 g/mol. The van der Waals surface area contributed by atoms with Crippen molar-refractivity contribution in [1.29, 1.82) is 0 Å². The van der Waals surface area contributed by atoms with Gasteiger partial charge in [0.05, 0.1) is 29.2 Å². The molecule has 3 aliphatic rings. The molecule has 5 rings (SSSR count). The molecule has 0 saturated carbocycles. The van der Waals surface area contributed by atoms with Crippen molar-refractivity contribution < 1.29 is 9.59 Å². The average molecular weight is 433 g/mol. The van der Waals surface area contributed by atoms with Gasteiger partial charge in [0, 0.05) is 12.6 Å². The second kappa shape index (κ2) is 9.43. The van der Waals surface area contributed by atoms with Crippen LogP contribution in [0.15, 0.2) is 48.5 Å². The quantitative estimate of drug-likeness (QED) is 0.785. The number of hydrogen-bond acceptors (Lipinski definition) is 4. The van der Waals surface area contributed by atoms with Crippen LogP contribution in [0.3, 0.4) is 0 Å². The van der Waals surface area contributed by atoms with Gasteiger partial charge >= 0.3 is 0 Å². The summed E-state index contributed by atoms with van der Waals surface area (Å²) in [5.41, 5.74) is 2.60. The lowest BCUT2D eigenvalue weighted by molar-refractivity contribution is -0.119. The molecule has 2 aromatic carbocycles. The SMILES string of the molecule is O=C1Nc2ccccc2N(C(=O)CN2CCCCCC2CN2CCCC2)c2ccccc21. The Morgan fingerprint density at radius 1 is 0.875 bits per heavy atom. The zero-order valence-electron chi connectivity index (χ0n) is 18.6. The molecule has 0 aliphatic carbocycles. The van der Waals surface area contributed by atoms with E-state index < -0.39 is 0 Å². The zero-order chi connectivity index (χ0) is 21.9. The Labute approximate surface area is 190 Å². The summed E-state index contributed by atoms with van der Waals surface area (Å²) < 4.78 is 0. The van der Waals surface area contributed by atoms with Crippen LogP contribution in [0.5, 0.6) is 0 Å². The van der Waals surface area contributed by atoms with Crippen molar-refractivity contribution in [2.24, 2.45) is 0 Å². The third-order valence-electron chi connectivity index (χ3n) is 7.04. The lowest BCUT2D eigenvalue weighted by Crippen LogP contribution is -2.47. The van der Waals surface area contributed by atoms with Gasteiger partial charge in [0.15, 0.2) is 0 Å². The summed E-state index contributed by atoms with van der Waals surface area (Å²) >= 11 is 0. The van der Waals surface area contributed by atoms with Gasteiger partial charge in [-0.15, -0.1) is 0 Å². The van der Waals surface area contributed by atoms with Crippen LogP contribution in [0.2, 0.25) is 0 Å². The topological polar surface area (TPSA) is 55.9 Å². The lowest BCUT2D eigenvalue weighted by atomic mass is 10.1. The maximum atomic E-state index is 13.9. The molecular formula is C26H32N4O2. The maximum absolute atomic E-state index is 13.9. The number of carbonyl (C=O) groups is 2. The van der Waals surface area contributed by atoms with Crippen LogP contribution < -0.4 is 10.2 Å². The first-order chi connectivity index (χ1) is 15.7. The van der Waals surface area contributed by atoms with E-state index in [4.69, 9.17) is 0 Å². The standard InChI is InChI=1S/C26H32N4O2/c31-25(19-29-17-7-1-2-10-20(29)18-28-15-8-9-16-28)30-23-13-5-3-11-21(23)26(32)27-22-12-4-6-14-24(22)30/h3-6,11-14,20H,1-2,7-10,15-19H2,(H,27,32). The predicted octanol–water partition coefficient (Wildman–Crippen LogP) is 4.26. The number of rotatable bonds is 4. The van der Waals surface area contributed by atoms with Crippen molar-refractivity contribution in [3.63, 3.8) is 0 Å². The van der Waals surface area contributed by atoms with Gasteiger partial charge in [0.2, 0.25) is 5.91 Å². The number of amides is 2. The molecule has 1 atom stereocenters. The highest BCUT2D eigenvalue weighted by molar-refractivity contribution is 6.17. The highest BCUT2D eigenvalue weighted by Crippen LogP contribution is 2.38. The minimum Gasteiger partial charge on any atom is -0.320 e. The van der Waals surface area contributed by atoms with Crippen LogP contribution in [-0.4, -0.2) is 60.4 Å². The lowest BCUT2D eigenvalue weighted by Gasteiger charge is -2.34. The molecule has 2 aromatic rings. The van der Waals surface area contributed by atoms with Gasteiger partial charge in [-0.25, -0.2) is 0 Å². The van der Waals surface area contributed by atoms with E-state index in [1.54, 1.807) is 11.0 Å². The Bertz CT molecular complexity index is 985. The number of fused-ring (bicyclic) bond motifs is 2. The van der Waals surface area contributed by atoms with Crippen LogP contribution in [0.25, 0.3) is 0 Å². The van der Waals surface area contributed by atoms with E-state index in [1.807, 2.05) is 42.5 Å². The summed E-state index contributed by atoms with van der Waals surface area (Å²) in [6.45, 7) is 4.74. The van der Waals surface area contributed by atoms with Crippen LogP contribution in [0.1, 0.15) is 48.9 Å². The number of anilines is 3. The summed E-state index contributed by atoms with van der Waals surface area (Å²) in [5, 5.41) is 2.98. The molecule has 2 amide bonds. The Morgan fingerprint density at radius 3 is 2.44 bits per heavy atom. The first-order valence-electron chi connectivity index (χ1n) is 12.0. The summed E-state index contributed by atoms with van der Waals surface area (Å²) in [6, 6.07) is 15.4. The second-order valence-corrected chi connectivity index (χ2v) is 9.20. The molecule has 0 spiro atoms. The number of benzene rings is 2. The molecule has 3 heterocycles. The fraction of sp³-hybridized carbons (Fsp3) is 0.462. The Balaban J connectivity index is 1.45. The first kappa shape index (κ1) is 21.2. The molecule has 6 nitrogen and oxygen atoms in total. The Kier molecular flexibility index (Phi) is 6.23. The minimum atomic E-state index is -0.176. The summed E-state index contributed by atoms with van der Waals surface area (Å²) in [5.74, 6) is -0.153. The van der Waals surface area contributed by atoms with Crippen molar-refractivity contribution in [1.82, 2.24) is 9.80 Å². The molecule has 0 radical (unpaired) electrons. The van der Waals surface area contributed by atoms with Gasteiger partial charge in [0.1, 0.15) is 0 Å². The molecule has 3 aliphatic heterocycles. The van der Waals surface area contributed by atoms with Crippen molar-refractivity contribution in [3.8, 4) is 0 Å². The van der Waals surface area contributed by atoms with Gasteiger partial charge in [-0.3, -0.25) is 19.4 Å². The van der Waals surface area contributed by atoms with E-state index in [-0.39, 0.29) is 11.8 Å². The van der Waals surface area contributed by atoms with E-state index in [2.05, 4.69) is 15.1 Å². The normalized spacial score (nSPS) is 21.9. The minimum absolute atomic E-state index is 0.0229. The molecule has 0 bridgehead atoms. The largest absolute Gasteiger partial charge is 0.320 e. The number of nitrogens with zero attached hydrogens (tertiary/aromatic N) is 3. The molecule has 1 unspecified atom stereocenters. The van der Waals surface area contributed by atoms with Crippen LogP contribution in [0.4, 0.5) is 17.1 Å². The molecule has 2 fully saturated rings. The number of likely N-dealkylation sites (tertiary alicyclic amines) is 2. The van der Waals surface area contributed by atoms with E-state index in [0.717, 1.165) is 31.6 Å². The van der Waals surface area contributed by atoms with E-state index >= 15 is 0 Å². The Hall–Kier alpha value is -2.70. The Morgan fingerprint density at radius 2 is 1.59 bits per heavy atom. The molecule has 32 heavy (non-hydrogen) atoms. The van der Waals surface area contributed by atoms with Crippen molar-refractivity contribution in [3.05, 3.63) is 54.1 Å². The number of hydrogen-bond donors (Lipinski definition) is 1. The van der Waals surface area contributed by atoms with Gasteiger partial charge in [0.25, 0.3) is 5.91 Å². The summed E-state index contributed by atoms with van der Waals surface area (Å²) in [4.78, 5) is 33.4. The smallest absolute Gasteiger partial charge is 0.257 e. The molecule has 168 valence electrons. The first-order valence-corrected chi connectivity index (χ1v) is 12.0. The van der Waals surface area contributed by atoms with Crippen LogP contribution in [0, 0.1) is 0 Å². The summed E-state index contributed by atoms with van der Waals surface area (Å²) in [6.07, 6.45) is 7.32. The van der Waals surface area contributed by atoms with Crippen molar-refractivity contribution in [2.75, 3.05) is 42.9 Å². The third-order valence-corrected chi connectivity index (χ3v) is 7.04. The average Bonchev–Trinajstić information content (AvgIpc) is 3.17. The second-order valence-electron chi connectivity index (χ2n) is 9.20. The molecule has 0 aromatic heterocycles. The van der Waals surface area contributed by atoms with Crippen LogP contribution in [-0.2, 0) is 4.79 Å². The third kappa shape index (κ3) is 4.30. The summed E-state index contributed by atoms with van der Waals surface area (Å²) in [7, 11) is 0. The van der Waals surface area contributed by atoms with E-state index in [1.165, 1.54) is 38.8 Å². The fourth-order valence-corrected chi connectivity index (χ4v) is 5.38. The number of nitrogens with one attached hydrogen (secondary N) is 1. The van der Waals surface area contributed by atoms with Gasteiger partial charge in [-0.1, -0.05) is 37.1 Å².